The Hall–Kier alpha value is -5.99. The van der Waals surface area contributed by atoms with Gasteiger partial charge in [0.05, 0.1) is 16.7 Å². The number of allylic oxidation sites excluding steroid dienone is 8. The second kappa shape index (κ2) is 13.0. The normalized spacial score (nSPS) is 18.3. The minimum atomic E-state index is 0.238. The zero-order valence-electron chi connectivity index (χ0n) is 29.3. The maximum atomic E-state index is 5.48. The topological polar surface area (TPSA) is 17.8 Å². The van der Waals surface area contributed by atoms with Crippen molar-refractivity contribution in [1.82, 2.24) is 9.55 Å². The van der Waals surface area contributed by atoms with Crippen LogP contribution in [0.5, 0.6) is 0 Å². The molecule has 3 aliphatic carbocycles. The molecule has 7 aromatic rings. The molecule has 0 N–H and O–H groups in total. The molecule has 0 saturated heterocycles. The quantitative estimate of drug-likeness (QED) is 0.178. The van der Waals surface area contributed by atoms with Gasteiger partial charge in [-0.25, -0.2) is 4.98 Å². The summed E-state index contributed by atoms with van der Waals surface area (Å²) in [5.74, 6) is 1.52. The first-order valence-electron chi connectivity index (χ1n) is 18.8. The number of benzene rings is 5. The lowest BCUT2D eigenvalue weighted by Gasteiger charge is -2.29. The molecule has 0 aliphatic heterocycles. The number of hydrogen-bond donors (Lipinski definition) is 0. The van der Waals surface area contributed by atoms with E-state index < -0.39 is 0 Å². The number of fused-ring (bicyclic) bond motifs is 5. The number of para-hydroxylation sites is 1. The predicted octanol–water partition coefficient (Wildman–Crippen LogP) is 12.8. The van der Waals surface area contributed by atoms with Crippen molar-refractivity contribution in [3.8, 4) is 16.9 Å². The van der Waals surface area contributed by atoms with Crippen molar-refractivity contribution >= 4 is 33.0 Å². The maximum Gasteiger partial charge on any atom is 0.138 e. The van der Waals surface area contributed by atoms with E-state index in [0.717, 1.165) is 43.6 Å². The molecule has 2 nitrogen and oxygen atoms in total. The highest BCUT2D eigenvalue weighted by Crippen LogP contribution is 2.51. The third-order valence-electron chi connectivity index (χ3n) is 11.5. The lowest BCUT2D eigenvalue weighted by molar-refractivity contribution is 0.723. The number of nitrogens with zero attached hydrogens (tertiary/aromatic N) is 2. The van der Waals surface area contributed by atoms with Crippen LogP contribution in [0.4, 0.5) is 0 Å². The van der Waals surface area contributed by atoms with E-state index in [1.165, 1.54) is 71.9 Å². The van der Waals surface area contributed by atoms with Crippen molar-refractivity contribution in [2.45, 2.75) is 43.9 Å². The van der Waals surface area contributed by atoms with Crippen molar-refractivity contribution in [3.63, 3.8) is 0 Å². The zero-order chi connectivity index (χ0) is 34.4. The average molecular weight is 669 g/mol. The van der Waals surface area contributed by atoms with Crippen molar-refractivity contribution in [2.24, 2.45) is 0 Å². The van der Waals surface area contributed by atoms with Gasteiger partial charge in [0, 0.05) is 22.6 Å². The first-order chi connectivity index (χ1) is 25.8. The summed E-state index contributed by atoms with van der Waals surface area (Å²) in [5, 5.41) is 2.57. The maximum absolute atomic E-state index is 5.48. The van der Waals surface area contributed by atoms with E-state index in [1.54, 1.807) is 0 Å². The smallest absolute Gasteiger partial charge is 0.138 e. The standard InChI is InChI=1S/C50H40N2/c1-4-16-34(17-5-1)38-32-45(37-21-8-3-9-22-37)51-48(33-38)52-46-28-13-12-24-44(46)50-43(27-15-29-47(50)52)42-26-14-25-41-39-23-11-10-20-36(39)30-31-40(49(41)42)35-18-6-2-7-19-35/h1-13,15-21,23-24,26-29,32-33,37,40H,14,22,25,30-31H2. The zero-order valence-corrected chi connectivity index (χ0v) is 29.3. The molecule has 0 bridgehead atoms. The second-order valence-corrected chi connectivity index (χ2v) is 14.4. The van der Waals surface area contributed by atoms with Gasteiger partial charge in [0.15, 0.2) is 0 Å². The van der Waals surface area contributed by atoms with Crippen LogP contribution in [0.2, 0.25) is 0 Å². The van der Waals surface area contributed by atoms with E-state index in [1.807, 2.05) is 0 Å². The third-order valence-corrected chi connectivity index (χ3v) is 11.5. The van der Waals surface area contributed by atoms with Gasteiger partial charge in [-0.15, -0.1) is 0 Å². The summed E-state index contributed by atoms with van der Waals surface area (Å²) in [7, 11) is 0. The van der Waals surface area contributed by atoms with Gasteiger partial charge in [0.2, 0.25) is 0 Å². The van der Waals surface area contributed by atoms with Gasteiger partial charge in [-0.05, 0) is 106 Å². The van der Waals surface area contributed by atoms with Crippen LogP contribution in [0.25, 0.3) is 49.9 Å². The highest BCUT2D eigenvalue weighted by molar-refractivity contribution is 6.15. The molecule has 0 amide bonds. The van der Waals surface area contributed by atoms with Crippen LogP contribution in [0.15, 0.2) is 175 Å². The summed E-state index contributed by atoms with van der Waals surface area (Å²) >= 11 is 0. The fourth-order valence-corrected chi connectivity index (χ4v) is 9.13. The Labute approximate surface area is 305 Å². The fraction of sp³-hybridized carbons (Fsp3) is 0.140. The van der Waals surface area contributed by atoms with Crippen LogP contribution >= 0.6 is 0 Å². The van der Waals surface area contributed by atoms with E-state index in [-0.39, 0.29) is 5.92 Å². The summed E-state index contributed by atoms with van der Waals surface area (Å²) in [6, 6.07) is 51.6. The number of aromatic nitrogens is 2. The number of rotatable bonds is 5. The van der Waals surface area contributed by atoms with Crippen LogP contribution in [-0.4, -0.2) is 9.55 Å². The molecular weight excluding hydrogens is 629 g/mol. The van der Waals surface area contributed by atoms with Crippen molar-refractivity contribution < 1.29 is 0 Å². The van der Waals surface area contributed by atoms with Crippen LogP contribution < -0.4 is 0 Å². The minimum absolute atomic E-state index is 0.238. The molecule has 10 rings (SSSR count). The van der Waals surface area contributed by atoms with Crippen molar-refractivity contribution in [2.75, 3.05) is 0 Å². The molecule has 0 spiro atoms. The summed E-state index contributed by atoms with van der Waals surface area (Å²) in [4.78, 5) is 5.48. The van der Waals surface area contributed by atoms with E-state index in [0.29, 0.717) is 5.92 Å². The van der Waals surface area contributed by atoms with E-state index in [2.05, 4.69) is 174 Å². The van der Waals surface area contributed by atoms with Crippen molar-refractivity contribution in [3.05, 3.63) is 203 Å². The minimum Gasteiger partial charge on any atom is -0.294 e. The first-order valence-corrected chi connectivity index (χ1v) is 18.8. The number of hydrogen-bond acceptors (Lipinski definition) is 1. The molecule has 3 aliphatic rings. The average Bonchev–Trinajstić information content (AvgIpc) is 3.46. The first kappa shape index (κ1) is 30.8. The van der Waals surface area contributed by atoms with Gasteiger partial charge in [-0.3, -0.25) is 4.57 Å². The van der Waals surface area contributed by atoms with E-state index in [4.69, 9.17) is 4.98 Å². The van der Waals surface area contributed by atoms with Gasteiger partial charge in [0.1, 0.15) is 5.82 Å². The highest BCUT2D eigenvalue weighted by Gasteiger charge is 2.32. The molecule has 2 heteroatoms. The monoisotopic (exact) mass is 668 g/mol. The Bertz CT molecular complexity index is 2600. The van der Waals surface area contributed by atoms with Crippen LogP contribution in [0.3, 0.4) is 0 Å². The Kier molecular flexibility index (Phi) is 7.68. The lowest BCUT2D eigenvalue weighted by Crippen LogP contribution is -2.09. The Morgan fingerprint density at radius 1 is 0.635 bits per heavy atom. The van der Waals surface area contributed by atoms with Gasteiger partial charge in [-0.2, -0.15) is 0 Å². The molecule has 2 unspecified atom stereocenters. The molecule has 2 aromatic heterocycles. The molecule has 5 aromatic carbocycles. The Morgan fingerprint density at radius 2 is 1.40 bits per heavy atom. The summed E-state index contributed by atoms with van der Waals surface area (Å²) in [6.45, 7) is 0. The Balaban J connectivity index is 1.22. The molecule has 250 valence electrons. The molecule has 0 saturated carbocycles. The predicted molar refractivity (Wildman–Crippen MR) is 218 cm³/mol. The van der Waals surface area contributed by atoms with Crippen LogP contribution in [-0.2, 0) is 6.42 Å². The number of aryl methyl sites for hydroxylation is 1. The Morgan fingerprint density at radius 3 is 2.27 bits per heavy atom. The van der Waals surface area contributed by atoms with E-state index in [9.17, 15) is 0 Å². The lowest BCUT2D eigenvalue weighted by atomic mass is 9.75. The van der Waals surface area contributed by atoms with Gasteiger partial charge in [0.25, 0.3) is 0 Å². The van der Waals surface area contributed by atoms with E-state index >= 15 is 0 Å². The van der Waals surface area contributed by atoms with Gasteiger partial charge in [-0.1, -0.05) is 146 Å². The highest BCUT2D eigenvalue weighted by atomic mass is 15.1. The van der Waals surface area contributed by atoms with Crippen LogP contribution in [0, 0.1) is 0 Å². The molecule has 0 radical (unpaired) electrons. The summed E-state index contributed by atoms with van der Waals surface area (Å²) in [5.41, 5.74) is 16.0. The fourth-order valence-electron chi connectivity index (χ4n) is 9.13. The molecule has 2 heterocycles. The summed E-state index contributed by atoms with van der Waals surface area (Å²) in [6.07, 6.45) is 16.6. The number of pyridine rings is 1. The molecular formula is C50H40N2. The molecule has 2 atom stereocenters. The molecule has 0 fully saturated rings. The molecule has 52 heavy (non-hydrogen) atoms. The third kappa shape index (κ3) is 5.21. The second-order valence-electron chi connectivity index (χ2n) is 14.4. The van der Waals surface area contributed by atoms with Gasteiger partial charge >= 0.3 is 0 Å². The van der Waals surface area contributed by atoms with Gasteiger partial charge < -0.3 is 0 Å². The largest absolute Gasteiger partial charge is 0.294 e. The summed E-state index contributed by atoms with van der Waals surface area (Å²) < 4.78 is 2.42. The van der Waals surface area contributed by atoms with Crippen LogP contribution in [0.1, 0.15) is 65.5 Å². The SMILES string of the molecule is C1=CCC(c2cc(-c3ccccc3)cc(-n3c4ccccc4c4c(C5=CCCC6=C5C(c5ccccc5)CCc5ccccc56)cccc43)n2)C=C1. The van der Waals surface area contributed by atoms with Crippen molar-refractivity contribution in [1.29, 1.82) is 0 Å².